The fourth-order valence-corrected chi connectivity index (χ4v) is 2.42. The predicted molar refractivity (Wildman–Crippen MR) is 79.7 cm³/mol. The third-order valence-electron chi connectivity index (χ3n) is 3.29. The highest BCUT2D eigenvalue weighted by Crippen LogP contribution is 2.36. The molecule has 0 aromatic heterocycles. The lowest BCUT2D eigenvalue weighted by atomic mass is 9.81. The number of likely N-dealkylation sites (N-methyl/N-ethyl adjacent to an activating group) is 1. The molecule has 0 aliphatic rings. The Morgan fingerprint density at radius 2 is 1.84 bits per heavy atom. The van der Waals surface area contributed by atoms with Gasteiger partial charge < -0.3 is 14.8 Å². The van der Waals surface area contributed by atoms with E-state index < -0.39 is 0 Å². The van der Waals surface area contributed by atoms with Gasteiger partial charge in [-0.05, 0) is 25.5 Å². The molecule has 1 aromatic carbocycles. The number of ether oxygens (including phenoxy) is 2. The minimum absolute atomic E-state index is 0.0462. The molecule has 0 bridgehead atoms. The van der Waals surface area contributed by atoms with Crippen molar-refractivity contribution in [2.24, 2.45) is 5.41 Å². The largest absolute Gasteiger partial charge is 0.496 e. The van der Waals surface area contributed by atoms with Gasteiger partial charge in [0, 0.05) is 12.2 Å². The third-order valence-corrected chi connectivity index (χ3v) is 3.29. The summed E-state index contributed by atoms with van der Waals surface area (Å²) in [4.78, 5) is 0. The molecule has 19 heavy (non-hydrogen) atoms. The molecule has 1 aromatic rings. The zero-order chi connectivity index (χ0) is 14.5. The molecule has 2 atom stereocenters. The molecular formula is C16H27NO2. The minimum Gasteiger partial charge on any atom is -0.496 e. The topological polar surface area (TPSA) is 30.5 Å². The molecule has 0 aliphatic carbocycles. The maximum absolute atomic E-state index is 6.00. The van der Waals surface area contributed by atoms with Crippen molar-refractivity contribution in [1.82, 2.24) is 5.32 Å². The number of nitrogens with one attached hydrogen (secondary N) is 1. The lowest BCUT2D eigenvalue weighted by Crippen LogP contribution is -2.41. The molecular weight excluding hydrogens is 238 g/mol. The summed E-state index contributed by atoms with van der Waals surface area (Å²) in [5.41, 5.74) is 1.19. The molecule has 1 N–H and O–H groups in total. The van der Waals surface area contributed by atoms with E-state index in [9.17, 15) is 0 Å². The Morgan fingerprint density at radius 3 is 2.32 bits per heavy atom. The van der Waals surface area contributed by atoms with Crippen LogP contribution in [0.4, 0.5) is 0 Å². The SMILES string of the molecule is CCOC(C(NC)c1ccccc1OC)C(C)(C)C. The maximum Gasteiger partial charge on any atom is 0.123 e. The first-order chi connectivity index (χ1) is 8.95. The second-order valence-corrected chi connectivity index (χ2v) is 5.75. The number of benzene rings is 1. The second kappa shape index (κ2) is 6.92. The van der Waals surface area contributed by atoms with Gasteiger partial charge in [0.15, 0.2) is 0 Å². The van der Waals surface area contributed by atoms with E-state index in [0.717, 1.165) is 11.3 Å². The van der Waals surface area contributed by atoms with Crippen LogP contribution >= 0.6 is 0 Å². The van der Waals surface area contributed by atoms with Crippen LogP contribution in [0.3, 0.4) is 0 Å². The highest BCUT2D eigenvalue weighted by Gasteiger charge is 2.34. The van der Waals surface area contributed by atoms with E-state index in [0.29, 0.717) is 6.61 Å². The van der Waals surface area contributed by atoms with Crippen LogP contribution in [0.25, 0.3) is 0 Å². The monoisotopic (exact) mass is 265 g/mol. The van der Waals surface area contributed by atoms with Crippen molar-refractivity contribution < 1.29 is 9.47 Å². The highest BCUT2D eigenvalue weighted by atomic mass is 16.5. The normalized spacial score (nSPS) is 15.1. The van der Waals surface area contributed by atoms with E-state index in [1.807, 2.05) is 32.2 Å². The molecule has 3 nitrogen and oxygen atoms in total. The van der Waals surface area contributed by atoms with Gasteiger partial charge in [-0.25, -0.2) is 0 Å². The van der Waals surface area contributed by atoms with Gasteiger partial charge in [0.05, 0.1) is 19.3 Å². The van der Waals surface area contributed by atoms with Crippen molar-refractivity contribution in [2.75, 3.05) is 20.8 Å². The molecule has 0 saturated heterocycles. The van der Waals surface area contributed by atoms with Crippen LogP contribution < -0.4 is 10.1 Å². The summed E-state index contributed by atoms with van der Waals surface area (Å²) in [7, 11) is 3.67. The molecule has 0 spiro atoms. The standard InChI is InChI=1S/C16H27NO2/c1-7-19-15(16(2,3)4)14(17-5)12-10-8-9-11-13(12)18-6/h8-11,14-15,17H,7H2,1-6H3. The van der Waals surface area contributed by atoms with E-state index in [2.05, 4.69) is 32.2 Å². The predicted octanol–water partition coefficient (Wildman–Crippen LogP) is 3.41. The average Bonchev–Trinajstić information content (AvgIpc) is 2.38. The fourth-order valence-electron chi connectivity index (χ4n) is 2.42. The van der Waals surface area contributed by atoms with Gasteiger partial charge in [0.1, 0.15) is 5.75 Å². The van der Waals surface area contributed by atoms with Crippen LogP contribution in [0.2, 0.25) is 0 Å². The molecule has 0 heterocycles. The van der Waals surface area contributed by atoms with Crippen molar-refractivity contribution in [3.8, 4) is 5.75 Å². The van der Waals surface area contributed by atoms with Gasteiger partial charge in [-0.2, -0.15) is 0 Å². The Labute approximate surface area is 117 Å². The molecule has 0 amide bonds. The lowest BCUT2D eigenvalue weighted by Gasteiger charge is -2.37. The summed E-state index contributed by atoms with van der Waals surface area (Å²) in [5, 5.41) is 3.38. The number of methoxy groups -OCH3 is 1. The van der Waals surface area contributed by atoms with E-state index in [-0.39, 0.29) is 17.6 Å². The van der Waals surface area contributed by atoms with E-state index in [1.165, 1.54) is 0 Å². The Morgan fingerprint density at radius 1 is 1.21 bits per heavy atom. The van der Waals surface area contributed by atoms with Crippen molar-refractivity contribution in [1.29, 1.82) is 0 Å². The van der Waals surface area contributed by atoms with Gasteiger partial charge in [0.25, 0.3) is 0 Å². The number of para-hydroxylation sites is 1. The number of rotatable bonds is 6. The molecule has 0 saturated carbocycles. The quantitative estimate of drug-likeness (QED) is 0.855. The van der Waals surface area contributed by atoms with Crippen LogP contribution in [0.1, 0.15) is 39.3 Å². The first-order valence-electron chi connectivity index (χ1n) is 6.87. The van der Waals surface area contributed by atoms with E-state index in [4.69, 9.17) is 9.47 Å². The van der Waals surface area contributed by atoms with Crippen LogP contribution in [0.15, 0.2) is 24.3 Å². The molecule has 0 radical (unpaired) electrons. The fraction of sp³-hybridized carbons (Fsp3) is 0.625. The van der Waals surface area contributed by atoms with Gasteiger partial charge >= 0.3 is 0 Å². The lowest BCUT2D eigenvalue weighted by molar-refractivity contribution is -0.0354. The van der Waals surface area contributed by atoms with Crippen LogP contribution in [-0.4, -0.2) is 26.9 Å². The summed E-state index contributed by atoms with van der Waals surface area (Å²) in [6.07, 6.45) is 0.0822. The highest BCUT2D eigenvalue weighted by molar-refractivity contribution is 5.36. The number of hydrogen-bond acceptors (Lipinski definition) is 3. The van der Waals surface area contributed by atoms with Crippen molar-refractivity contribution >= 4 is 0 Å². The summed E-state index contributed by atoms with van der Waals surface area (Å²) in [6, 6.07) is 8.22. The smallest absolute Gasteiger partial charge is 0.123 e. The first-order valence-corrected chi connectivity index (χ1v) is 6.87. The van der Waals surface area contributed by atoms with Crippen molar-refractivity contribution in [2.45, 2.75) is 39.8 Å². The van der Waals surface area contributed by atoms with Crippen LogP contribution in [0, 0.1) is 5.41 Å². The summed E-state index contributed by atoms with van der Waals surface area (Å²) in [5.74, 6) is 0.899. The minimum atomic E-state index is 0.0462. The molecule has 0 fully saturated rings. The van der Waals surface area contributed by atoms with Gasteiger partial charge in [-0.3, -0.25) is 0 Å². The zero-order valence-corrected chi connectivity index (χ0v) is 13.0. The van der Waals surface area contributed by atoms with Crippen molar-refractivity contribution in [3.05, 3.63) is 29.8 Å². The Balaban J connectivity index is 3.16. The summed E-state index contributed by atoms with van der Waals surface area (Å²) in [6.45, 7) is 9.34. The number of hydrogen-bond donors (Lipinski definition) is 1. The summed E-state index contributed by atoms with van der Waals surface area (Å²) >= 11 is 0. The maximum atomic E-state index is 6.00. The third kappa shape index (κ3) is 3.95. The van der Waals surface area contributed by atoms with Crippen molar-refractivity contribution in [3.63, 3.8) is 0 Å². The van der Waals surface area contributed by atoms with Gasteiger partial charge in [0.2, 0.25) is 0 Å². The molecule has 0 aliphatic heterocycles. The Kier molecular flexibility index (Phi) is 5.83. The van der Waals surface area contributed by atoms with Crippen LogP contribution in [0.5, 0.6) is 5.75 Å². The zero-order valence-electron chi connectivity index (χ0n) is 13.0. The molecule has 108 valence electrons. The Hall–Kier alpha value is -1.06. The molecule has 3 heteroatoms. The first kappa shape index (κ1) is 16.0. The van der Waals surface area contributed by atoms with Gasteiger partial charge in [-0.15, -0.1) is 0 Å². The van der Waals surface area contributed by atoms with Gasteiger partial charge in [-0.1, -0.05) is 39.0 Å². The molecule has 2 unspecified atom stereocenters. The van der Waals surface area contributed by atoms with E-state index in [1.54, 1.807) is 7.11 Å². The van der Waals surface area contributed by atoms with Crippen LogP contribution in [-0.2, 0) is 4.74 Å². The molecule has 1 rings (SSSR count). The average molecular weight is 265 g/mol. The second-order valence-electron chi connectivity index (χ2n) is 5.75. The van der Waals surface area contributed by atoms with E-state index >= 15 is 0 Å². The Bertz CT molecular complexity index is 385. The summed E-state index contributed by atoms with van der Waals surface area (Å²) < 4.78 is 11.5.